The molecule has 5 nitrogen and oxygen atoms in total. The number of rotatable bonds is 4. The maximum atomic E-state index is 12.3. The molecule has 2 unspecified atom stereocenters. The third-order valence-electron chi connectivity index (χ3n) is 3.29. The summed E-state index contributed by atoms with van der Waals surface area (Å²) < 4.78 is 0. The molecule has 1 saturated heterocycles. The van der Waals surface area contributed by atoms with Crippen molar-refractivity contribution >= 4 is 29.9 Å². The van der Waals surface area contributed by atoms with Gasteiger partial charge in [0.15, 0.2) is 0 Å². The van der Waals surface area contributed by atoms with Gasteiger partial charge in [-0.25, -0.2) is 0 Å². The monoisotopic (exact) mass is 297 g/mol. The second-order valence-corrected chi connectivity index (χ2v) is 4.79. The first kappa shape index (κ1) is 16.5. The van der Waals surface area contributed by atoms with E-state index in [2.05, 4.69) is 5.32 Å². The van der Waals surface area contributed by atoms with Crippen molar-refractivity contribution in [2.45, 2.75) is 31.8 Å². The molecule has 110 valence electrons. The van der Waals surface area contributed by atoms with Crippen molar-refractivity contribution in [3.63, 3.8) is 0 Å². The summed E-state index contributed by atoms with van der Waals surface area (Å²) in [4.78, 5) is 25.6. The van der Waals surface area contributed by atoms with E-state index in [-0.39, 0.29) is 36.7 Å². The lowest BCUT2D eigenvalue weighted by Crippen LogP contribution is -2.42. The van der Waals surface area contributed by atoms with Gasteiger partial charge >= 0.3 is 0 Å². The molecule has 0 aliphatic carbocycles. The SMILES string of the molecule is CC1CC(NC(=O)CCN)C(=O)N1c1ccccc1.Cl. The van der Waals surface area contributed by atoms with Gasteiger partial charge in [0.25, 0.3) is 0 Å². The summed E-state index contributed by atoms with van der Waals surface area (Å²) in [5, 5.41) is 2.75. The Labute approximate surface area is 124 Å². The van der Waals surface area contributed by atoms with E-state index in [0.717, 1.165) is 5.69 Å². The number of benzene rings is 1. The quantitative estimate of drug-likeness (QED) is 0.873. The third-order valence-corrected chi connectivity index (χ3v) is 3.29. The van der Waals surface area contributed by atoms with Gasteiger partial charge in [0.1, 0.15) is 6.04 Å². The van der Waals surface area contributed by atoms with Crippen LogP contribution in [0.4, 0.5) is 5.69 Å². The van der Waals surface area contributed by atoms with Crippen LogP contribution in [0.15, 0.2) is 30.3 Å². The average molecular weight is 298 g/mol. The van der Waals surface area contributed by atoms with Gasteiger partial charge in [-0.2, -0.15) is 0 Å². The fourth-order valence-corrected chi connectivity index (χ4v) is 2.42. The van der Waals surface area contributed by atoms with Crippen molar-refractivity contribution in [1.29, 1.82) is 0 Å². The molecule has 6 heteroatoms. The molecular formula is C14H20ClN3O2. The van der Waals surface area contributed by atoms with Crippen molar-refractivity contribution in [3.8, 4) is 0 Å². The van der Waals surface area contributed by atoms with Crippen LogP contribution in [0.5, 0.6) is 0 Å². The summed E-state index contributed by atoms with van der Waals surface area (Å²) in [6, 6.07) is 9.16. The largest absolute Gasteiger partial charge is 0.344 e. The van der Waals surface area contributed by atoms with E-state index >= 15 is 0 Å². The number of hydrogen-bond acceptors (Lipinski definition) is 3. The number of para-hydroxylation sites is 1. The molecule has 3 N–H and O–H groups in total. The number of carbonyl (C=O) groups is 2. The lowest BCUT2D eigenvalue weighted by Gasteiger charge is -2.21. The van der Waals surface area contributed by atoms with Crippen LogP contribution in [-0.4, -0.2) is 30.4 Å². The summed E-state index contributed by atoms with van der Waals surface area (Å²) in [5.74, 6) is -0.216. The van der Waals surface area contributed by atoms with Crippen LogP contribution in [0, 0.1) is 0 Å². The van der Waals surface area contributed by atoms with Crippen molar-refractivity contribution in [1.82, 2.24) is 5.32 Å². The van der Waals surface area contributed by atoms with E-state index in [0.29, 0.717) is 13.0 Å². The number of amides is 2. The number of carbonyl (C=O) groups excluding carboxylic acids is 2. The van der Waals surface area contributed by atoms with Gasteiger partial charge in [0, 0.05) is 24.7 Å². The van der Waals surface area contributed by atoms with Gasteiger partial charge in [0.2, 0.25) is 11.8 Å². The molecule has 2 rings (SSSR count). The Morgan fingerprint density at radius 3 is 2.65 bits per heavy atom. The average Bonchev–Trinajstić information content (AvgIpc) is 2.66. The van der Waals surface area contributed by atoms with Crippen molar-refractivity contribution in [2.24, 2.45) is 5.73 Å². The zero-order valence-corrected chi connectivity index (χ0v) is 12.2. The van der Waals surface area contributed by atoms with Crippen molar-refractivity contribution in [2.75, 3.05) is 11.4 Å². The van der Waals surface area contributed by atoms with Crippen LogP contribution in [0.25, 0.3) is 0 Å². The zero-order chi connectivity index (χ0) is 13.8. The van der Waals surface area contributed by atoms with Crippen LogP contribution < -0.4 is 16.0 Å². The van der Waals surface area contributed by atoms with Crippen LogP contribution in [0.3, 0.4) is 0 Å². The van der Waals surface area contributed by atoms with E-state index in [4.69, 9.17) is 5.73 Å². The van der Waals surface area contributed by atoms with Crippen LogP contribution in [0.1, 0.15) is 19.8 Å². The molecule has 0 saturated carbocycles. The minimum Gasteiger partial charge on any atom is -0.344 e. The Kier molecular flexibility index (Phi) is 5.98. The van der Waals surface area contributed by atoms with Crippen molar-refractivity contribution in [3.05, 3.63) is 30.3 Å². The molecule has 1 aromatic rings. The lowest BCUT2D eigenvalue weighted by molar-refractivity contribution is -0.126. The van der Waals surface area contributed by atoms with Crippen LogP contribution in [0.2, 0.25) is 0 Å². The van der Waals surface area contributed by atoms with E-state index in [1.54, 1.807) is 4.90 Å². The van der Waals surface area contributed by atoms with Gasteiger partial charge in [-0.05, 0) is 25.5 Å². The minimum atomic E-state index is -0.436. The van der Waals surface area contributed by atoms with Gasteiger partial charge in [-0.3, -0.25) is 9.59 Å². The van der Waals surface area contributed by atoms with Gasteiger partial charge in [-0.15, -0.1) is 12.4 Å². The molecule has 2 atom stereocenters. The summed E-state index contributed by atoms with van der Waals surface area (Å²) in [7, 11) is 0. The fraction of sp³-hybridized carbons (Fsp3) is 0.429. The standard InChI is InChI=1S/C14H19N3O2.ClH/c1-10-9-12(16-13(18)7-8-15)14(19)17(10)11-5-3-2-4-6-11;/h2-6,10,12H,7-9,15H2,1H3,(H,16,18);1H. The number of halogens is 1. The maximum Gasteiger partial charge on any atom is 0.249 e. The highest BCUT2D eigenvalue weighted by atomic mass is 35.5. The third kappa shape index (κ3) is 3.49. The molecule has 0 spiro atoms. The van der Waals surface area contributed by atoms with E-state index in [1.165, 1.54) is 0 Å². The number of anilines is 1. The summed E-state index contributed by atoms with van der Waals surface area (Å²) >= 11 is 0. The molecule has 0 bridgehead atoms. The molecule has 0 aromatic heterocycles. The number of hydrogen-bond donors (Lipinski definition) is 2. The highest BCUT2D eigenvalue weighted by Crippen LogP contribution is 2.26. The summed E-state index contributed by atoms with van der Waals surface area (Å²) in [6.45, 7) is 2.28. The molecular weight excluding hydrogens is 278 g/mol. The minimum absolute atomic E-state index is 0. The van der Waals surface area contributed by atoms with E-state index < -0.39 is 6.04 Å². The molecule has 20 heavy (non-hydrogen) atoms. The molecule has 2 amide bonds. The fourth-order valence-electron chi connectivity index (χ4n) is 2.42. The molecule has 0 radical (unpaired) electrons. The topological polar surface area (TPSA) is 75.4 Å². The van der Waals surface area contributed by atoms with Crippen LogP contribution in [-0.2, 0) is 9.59 Å². The Morgan fingerprint density at radius 2 is 2.05 bits per heavy atom. The second kappa shape index (κ2) is 7.26. The lowest BCUT2D eigenvalue weighted by atomic mass is 10.2. The smallest absolute Gasteiger partial charge is 0.249 e. The second-order valence-electron chi connectivity index (χ2n) is 4.79. The van der Waals surface area contributed by atoms with E-state index in [1.807, 2.05) is 37.3 Å². The van der Waals surface area contributed by atoms with Gasteiger partial charge in [-0.1, -0.05) is 18.2 Å². The summed E-state index contributed by atoms with van der Waals surface area (Å²) in [6.07, 6.45) is 0.882. The Hall–Kier alpha value is -1.59. The first-order chi connectivity index (χ1) is 9.13. The molecule has 1 fully saturated rings. The number of nitrogens with one attached hydrogen (secondary N) is 1. The van der Waals surface area contributed by atoms with Crippen LogP contribution >= 0.6 is 12.4 Å². The Balaban J connectivity index is 0.00000200. The molecule has 1 aromatic carbocycles. The molecule has 1 aliphatic heterocycles. The maximum absolute atomic E-state index is 12.3. The predicted molar refractivity (Wildman–Crippen MR) is 80.9 cm³/mol. The Bertz CT molecular complexity index is 467. The zero-order valence-electron chi connectivity index (χ0n) is 11.4. The molecule has 1 heterocycles. The van der Waals surface area contributed by atoms with E-state index in [9.17, 15) is 9.59 Å². The number of nitrogens with zero attached hydrogens (tertiary/aromatic N) is 1. The highest BCUT2D eigenvalue weighted by molar-refractivity contribution is 6.01. The summed E-state index contributed by atoms with van der Waals surface area (Å²) in [5.41, 5.74) is 6.20. The molecule has 1 aliphatic rings. The van der Waals surface area contributed by atoms with Gasteiger partial charge < -0.3 is 16.0 Å². The predicted octanol–water partition coefficient (Wildman–Crippen LogP) is 1.07. The number of nitrogens with two attached hydrogens (primary N) is 1. The van der Waals surface area contributed by atoms with Crippen molar-refractivity contribution < 1.29 is 9.59 Å². The first-order valence-corrected chi connectivity index (χ1v) is 6.51. The van der Waals surface area contributed by atoms with Gasteiger partial charge in [0.05, 0.1) is 0 Å². The normalized spacial score (nSPS) is 21.5. The Morgan fingerprint density at radius 1 is 1.40 bits per heavy atom. The first-order valence-electron chi connectivity index (χ1n) is 6.51. The highest BCUT2D eigenvalue weighted by Gasteiger charge is 2.38.